The zero-order valence-corrected chi connectivity index (χ0v) is 9.00. The van der Waals surface area contributed by atoms with Crippen molar-refractivity contribution in [1.29, 1.82) is 0 Å². The Hall–Kier alpha value is -0.0400. The van der Waals surface area contributed by atoms with Crippen molar-refractivity contribution in [2.24, 2.45) is 17.8 Å². The minimum atomic E-state index is 0.446. The Bertz CT molecular complexity index is 139. The molecule has 1 aliphatic rings. The number of rotatable bonds is 1. The highest BCUT2D eigenvalue weighted by molar-refractivity contribution is 4.83. The average molecular weight is 170 g/mol. The van der Waals surface area contributed by atoms with E-state index in [2.05, 4.69) is 34.6 Å². The Morgan fingerprint density at radius 2 is 1.50 bits per heavy atom. The largest absolute Gasteiger partial charge is 0.375 e. The Morgan fingerprint density at radius 1 is 0.917 bits per heavy atom. The van der Waals surface area contributed by atoms with Gasteiger partial charge in [0.1, 0.15) is 0 Å². The second-order valence-electron chi connectivity index (χ2n) is 4.37. The van der Waals surface area contributed by atoms with Crippen LogP contribution in [0.25, 0.3) is 0 Å². The zero-order valence-electron chi connectivity index (χ0n) is 9.00. The SMILES string of the molecule is CCC1O[C@@H](C)C(C)C(C)C1C. The molecule has 0 aliphatic carbocycles. The first-order valence-corrected chi connectivity index (χ1v) is 5.23. The maximum Gasteiger partial charge on any atom is 0.0604 e. The van der Waals surface area contributed by atoms with Crippen LogP contribution in [0.5, 0.6) is 0 Å². The highest BCUT2D eigenvalue weighted by Crippen LogP contribution is 2.35. The van der Waals surface area contributed by atoms with Gasteiger partial charge >= 0.3 is 0 Å². The van der Waals surface area contributed by atoms with Crippen LogP contribution in [0.4, 0.5) is 0 Å². The first-order chi connectivity index (χ1) is 5.57. The Kier molecular flexibility index (Phi) is 3.16. The molecule has 0 radical (unpaired) electrons. The van der Waals surface area contributed by atoms with Crippen LogP contribution in [0.2, 0.25) is 0 Å². The molecule has 72 valence electrons. The summed E-state index contributed by atoms with van der Waals surface area (Å²) in [5.74, 6) is 2.24. The molecule has 12 heavy (non-hydrogen) atoms. The summed E-state index contributed by atoms with van der Waals surface area (Å²) in [5, 5.41) is 0. The molecule has 1 saturated heterocycles. The highest BCUT2D eigenvalue weighted by atomic mass is 16.5. The first kappa shape index (κ1) is 10.0. The molecule has 0 saturated carbocycles. The second-order valence-corrected chi connectivity index (χ2v) is 4.37. The van der Waals surface area contributed by atoms with E-state index in [-0.39, 0.29) is 0 Å². The Morgan fingerprint density at radius 3 is 2.00 bits per heavy atom. The normalized spacial score (nSPS) is 49.2. The van der Waals surface area contributed by atoms with E-state index in [1.807, 2.05) is 0 Å². The van der Waals surface area contributed by atoms with E-state index < -0.39 is 0 Å². The molecule has 4 unspecified atom stereocenters. The Labute approximate surface area is 76.5 Å². The van der Waals surface area contributed by atoms with Gasteiger partial charge in [0.25, 0.3) is 0 Å². The van der Waals surface area contributed by atoms with E-state index in [0.29, 0.717) is 18.1 Å². The van der Waals surface area contributed by atoms with Gasteiger partial charge in [-0.15, -0.1) is 0 Å². The van der Waals surface area contributed by atoms with Gasteiger partial charge in [0.2, 0.25) is 0 Å². The van der Waals surface area contributed by atoms with Gasteiger partial charge < -0.3 is 4.74 Å². The summed E-state index contributed by atoms with van der Waals surface area (Å²) < 4.78 is 5.93. The summed E-state index contributed by atoms with van der Waals surface area (Å²) in [7, 11) is 0. The summed E-state index contributed by atoms with van der Waals surface area (Å²) in [6.45, 7) is 11.4. The van der Waals surface area contributed by atoms with Gasteiger partial charge in [0.05, 0.1) is 12.2 Å². The van der Waals surface area contributed by atoms with Crippen molar-refractivity contribution in [3.8, 4) is 0 Å². The molecular weight excluding hydrogens is 148 g/mol. The minimum Gasteiger partial charge on any atom is -0.375 e. The molecule has 5 atom stereocenters. The number of ether oxygens (including phenoxy) is 1. The minimum absolute atomic E-state index is 0.446. The molecule has 1 aliphatic heterocycles. The van der Waals surface area contributed by atoms with Crippen LogP contribution in [-0.4, -0.2) is 12.2 Å². The molecule has 1 nitrogen and oxygen atoms in total. The van der Waals surface area contributed by atoms with Gasteiger partial charge in [-0.1, -0.05) is 27.7 Å². The van der Waals surface area contributed by atoms with E-state index in [0.717, 1.165) is 18.3 Å². The van der Waals surface area contributed by atoms with Crippen molar-refractivity contribution in [2.45, 2.75) is 53.2 Å². The van der Waals surface area contributed by atoms with Crippen LogP contribution < -0.4 is 0 Å². The van der Waals surface area contributed by atoms with Crippen LogP contribution in [0.1, 0.15) is 41.0 Å². The van der Waals surface area contributed by atoms with Crippen LogP contribution in [0.15, 0.2) is 0 Å². The molecule has 0 aromatic rings. The topological polar surface area (TPSA) is 9.23 Å². The van der Waals surface area contributed by atoms with E-state index in [1.54, 1.807) is 0 Å². The third kappa shape index (κ3) is 1.66. The lowest BCUT2D eigenvalue weighted by molar-refractivity contribution is -0.125. The second kappa shape index (κ2) is 3.78. The molecule has 1 rings (SSSR count). The fourth-order valence-electron chi connectivity index (χ4n) is 2.24. The van der Waals surface area contributed by atoms with Crippen molar-refractivity contribution in [1.82, 2.24) is 0 Å². The quantitative estimate of drug-likeness (QED) is 0.587. The van der Waals surface area contributed by atoms with Crippen molar-refractivity contribution >= 4 is 0 Å². The van der Waals surface area contributed by atoms with Crippen LogP contribution in [0.3, 0.4) is 0 Å². The smallest absolute Gasteiger partial charge is 0.0604 e. The maximum atomic E-state index is 5.93. The maximum absolute atomic E-state index is 5.93. The van der Waals surface area contributed by atoms with E-state index >= 15 is 0 Å². The monoisotopic (exact) mass is 170 g/mol. The Balaban J connectivity index is 2.63. The lowest BCUT2D eigenvalue weighted by Gasteiger charge is -2.42. The van der Waals surface area contributed by atoms with E-state index in [9.17, 15) is 0 Å². The van der Waals surface area contributed by atoms with Gasteiger partial charge in [-0.05, 0) is 31.1 Å². The number of hydrogen-bond donors (Lipinski definition) is 0. The summed E-state index contributed by atoms with van der Waals surface area (Å²) in [6, 6.07) is 0. The van der Waals surface area contributed by atoms with Gasteiger partial charge in [0.15, 0.2) is 0 Å². The van der Waals surface area contributed by atoms with E-state index in [1.165, 1.54) is 0 Å². The fraction of sp³-hybridized carbons (Fsp3) is 1.00. The van der Waals surface area contributed by atoms with Crippen molar-refractivity contribution in [2.75, 3.05) is 0 Å². The van der Waals surface area contributed by atoms with Crippen molar-refractivity contribution < 1.29 is 4.74 Å². The zero-order chi connectivity index (χ0) is 9.30. The lowest BCUT2D eigenvalue weighted by atomic mass is 9.76. The third-order valence-corrected chi connectivity index (χ3v) is 3.78. The number of hydrogen-bond acceptors (Lipinski definition) is 1. The molecule has 1 heteroatoms. The van der Waals surface area contributed by atoms with Crippen LogP contribution in [-0.2, 0) is 4.74 Å². The summed E-state index contributed by atoms with van der Waals surface area (Å²) in [4.78, 5) is 0. The molecule has 1 heterocycles. The lowest BCUT2D eigenvalue weighted by Crippen LogP contribution is -2.42. The van der Waals surface area contributed by atoms with Gasteiger partial charge in [-0.25, -0.2) is 0 Å². The van der Waals surface area contributed by atoms with Crippen molar-refractivity contribution in [3.63, 3.8) is 0 Å². The van der Waals surface area contributed by atoms with Gasteiger partial charge in [-0.3, -0.25) is 0 Å². The highest BCUT2D eigenvalue weighted by Gasteiger charge is 2.35. The fourth-order valence-corrected chi connectivity index (χ4v) is 2.24. The molecule has 0 bridgehead atoms. The molecule has 0 amide bonds. The molecular formula is C11H22O. The molecule has 0 N–H and O–H groups in total. The van der Waals surface area contributed by atoms with Gasteiger partial charge in [0, 0.05) is 0 Å². The summed E-state index contributed by atoms with van der Waals surface area (Å²) in [5.41, 5.74) is 0. The predicted octanol–water partition coefficient (Wildman–Crippen LogP) is 3.09. The average Bonchev–Trinajstić information content (AvgIpc) is 2.08. The molecule has 0 spiro atoms. The van der Waals surface area contributed by atoms with Crippen molar-refractivity contribution in [3.05, 3.63) is 0 Å². The molecule has 1 fully saturated rings. The molecule has 0 aromatic carbocycles. The summed E-state index contributed by atoms with van der Waals surface area (Å²) >= 11 is 0. The van der Waals surface area contributed by atoms with Crippen LogP contribution in [0, 0.1) is 17.8 Å². The molecule has 0 aromatic heterocycles. The van der Waals surface area contributed by atoms with Gasteiger partial charge in [-0.2, -0.15) is 0 Å². The van der Waals surface area contributed by atoms with E-state index in [4.69, 9.17) is 4.74 Å². The summed E-state index contributed by atoms with van der Waals surface area (Å²) in [6.07, 6.45) is 2.09. The predicted molar refractivity (Wildman–Crippen MR) is 52.1 cm³/mol. The first-order valence-electron chi connectivity index (χ1n) is 5.23. The standard InChI is InChI=1S/C11H22O/c1-6-11-9(4)7(2)8(3)10(5)12-11/h7-11H,6H2,1-5H3/t7?,8?,9?,10-,11?/m0/s1. The third-order valence-electron chi connectivity index (χ3n) is 3.78. The van der Waals surface area contributed by atoms with Crippen LogP contribution >= 0.6 is 0 Å².